The van der Waals surface area contributed by atoms with Crippen molar-refractivity contribution in [1.82, 2.24) is 34.9 Å². The highest BCUT2D eigenvalue weighted by atomic mass is 19.1. The van der Waals surface area contributed by atoms with Gasteiger partial charge >= 0.3 is 0 Å². The summed E-state index contributed by atoms with van der Waals surface area (Å²) in [5.41, 5.74) is 4.94. The second kappa shape index (κ2) is 6.59. The molecule has 1 fully saturated rings. The van der Waals surface area contributed by atoms with Crippen molar-refractivity contribution < 1.29 is 4.39 Å². The van der Waals surface area contributed by atoms with Crippen molar-refractivity contribution in [3.05, 3.63) is 41.5 Å². The van der Waals surface area contributed by atoms with Crippen LogP contribution in [-0.2, 0) is 0 Å². The first-order valence-electron chi connectivity index (χ1n) is 10.0. The molecule has 3 atom stereocenters. The monoisotopic (exact) mass is 393 g/mol. The molecule has 1 aliphatic heterocycles. The molecule has 1 N–H and O–H groups in total. The Morgan fingerprint density at radius 2 is 1.79 bits per heavy atom. The number of aryl methyl sites for hydroxylation is 2. The SMILES string of the molecule is Cc1cn2nc(-c3cc(F)c4nn(C5CC(C)N[C@H](C)C5)nc4c3)cc(C)c2n1. The summed E-state index contributed by atoms with van der Waals surface area (Å²) in [5, 5.41) is 17.2. The third-order valence-corrected chi connectivity index (χ3v) is 5.63. The van der Waals surface area contributed by atoms with Gasteiger partial charge in [-0.15, -0.1) is 5.10 Å². The average molecular weight is 393 g/mol. The molecule has 0 aliphatic carbocycles. The lowest BCUT2D eigenvalue weighted by molar-refractivity contribution is 0.234. The molecule has 150 valence electrons. The zero-order valence-corrected chi connectivity index (χ0v) is 17.0. The highest BCUT2D eigenvalue weighted by Gasteiger charge is 2.26. The number of imidazole rings is 1. The summed E-state index contributed by atoms with van der Waals surface area (Å²) in [6.07, 6.45) is 3.73. The summed E-state index contributed by atoms with van der Waals surface area (Å²) in [5.74, 6) is -0.375. The van der Waals surface area contributed by atoms with Crippen LogP contribution in [0.3, 0.4) is 0 Å². The molecule has 4 aromatic rings. The Hall–Kier alpha value is -2.87. The molecule has 1 saturated heterocycles. The van der Waals surface area contributed by atoms with Crippen molar-refractivity contribution in [3.63, 3.8) is 0 Å². The number of nitrogens with one attached hydrogen (secondary N) is 1. The summed E-state index contributed by atoms with van der Waals surface area (Å²) < 4.78 is 16.7. The number of hydrogen-bond donors (Lipinski definition) is 1. The van der Waals surface area contributed by atoms with Crippen LogP contribution in [0.5, 0.6) is 0 Å². The van der Waals surface area contributed by atoms with Gasteiger partial charge in [0.25, 0.3) is 0 Å². The van der Waals surface area contributed by atoms with E-state index >= 15 is 0 Å². The lowest BCUT2D eigenvalue weighted by atomic mass is 9.96. The minimum Gasteiger partial charge on any atom is -0.312 e. The summed E-state index contributed by atoms with van der Waals surface area (Å²) in [4.78, 5) is 6.18. The first-order valence-corrected chi connectivity index (χ1v) is 10.0. The minimum absolute atomic E-state index is 0.169. The van der Waals surface area contributed by atoms with Crippen molar-refractivity contribution in [1.29, 1.82) is 0 Å². The molecule has 29 heavy (non-hydrogen) atoms. The van der Waals surface area contributed by atoms with Crippen molar-refractivity contribution in [2.24, 2.45) is 0 Å². The van der Waals surface area contributed by atoms with Crippen LogP contribution in [0.25, 0.3) is 27.9 Å². The van der Waals surface area contributed by atoms with Crippen molar-refractivity contribution in [3.8, 4) is 11.3 Å². The molecule has 0 spiro atoms. The highest BCUT2D eigenvalue weighted by molar-refractivity contribution is 5.81. The number of piperidine rings is 1. The van der Waals surface area contributed by atoms with Gasteiger partial charge in [-0.1, -0.05) is 0 Å². The molecule has 0 saturated carbocycles. The maximum Gasteiger partial charge on any atom is 0.156 e. The van der Waals surface area contributed by atoms with Crippen LogP contribution in [-0.4, -0.2) is 41.7 Å². The van der Waals surface area contributed by atoms with Crippen LogP contribution in [0.4, 0.5) is 4.39 Å². The Bertz CT molecular complexity index is 1210. The fourth-order valence-corrected chi connectivity index (χ4v) is 4.41. The summed E-state index contributed by atoms with van der Waals surface area (Å²) in [6, 6.07) is 6.23. The predicted molar refractivity (Wildman–Crippen MR) is 109 cm³/mol. The van der Waals surface area contributed by atoms with Crippen LogP contribution in [0.1, 0.15) is 44.0 Å². The van der Waals surface area contributed by atoms with Gasteiger partial charge in [-0.05, 0) is 64.3 Å². The van der Waals surface area contributed by atoms with Crippen LogP contribution >= 0.6 is 0 Å². The summed E-state index contributed by atoms with van der Waals surface area (Å²) >= 11 is 0. The van der Waals surface area contributed by atoms with E-state index in [4.69, 9.17) is 0 Å². The molecule has 1 aromatic carbocycles. The van der Waals surface area contributed by atoms with Gasteiger partial charge < -0.3 is 5.32 Å². The molecule has 7 nitrogen and oxygen atoms in total. The second-order valence-corrected chi connectivity index (χ2v) is 8.30. The van der Waals surface area contributed by atoms with E-state index < -0.39 is 0 Å². The Labute approximate surface area is 167 Å². The number of aromatic nitrogens is 6. The largest absolute Gasteiger partial charge is 0.312 e. The van der Waals surface area contributed by atoms with E-state index in [0.29, 0.717) is 34.4 Å². The maximum atomic E-state index is 14.9. The lowest BCUT2D eigenvalue weighted by Crippen LogP contribution is -2.43. The van der Waals surface area contributed by atoms with Crippen molar-refractivity contribution >= 4 is 16.7 Å². The maximum absolute atomic E-state index is 14.9. The molecule has 0 bridgehead atoms. The van der Waals surface area contributed by atoms with Crippen LogP contribution < -0.4 is 5.32 Å². The molecule has 1 aliphatic rings. The van der Waals surface area contributed by atoms with Gasteiger partial charge in [0.1, 0.15) is 11.0 Å². The Morgan fingerprint density at radius 3 is 2.55 bits per heavy atom. The first-order chi connectivity index (χ1) is 13.9. The molecule has 5 rings (SSSR count). The van der Waals surface area contributed by atoms with Crippen molar-refractivity contribution in [2.45, 2.75) is 58.7 Å². The van der Waals surface area contributed by atoms with E-state index in [9.17, 15) is 4.39 Å². The smallest absolute Gasteiger partial charge is 0.156 e. The Morgan fingerprint density at radius 1 is 1.03 bits per heavy atom. The number of benzene rings is 1. The third kappa shape index (κ3) is 3.17. The predicted octanol–water partition coefficient (Wildman–Crippen LogP) is 3.60. The van der Waals surface area contributed by atoms with Gasteiger partial charge in [0.05, 0.1) is 23.6 Å². The fourth-order valence-electron chi connectivity index (χ4n) is 4.41. The van der Waals surface area contributed by atoms with E-state index in [-0.39, 0.29) is 11.9 Å². The molecule has 2 unspecified atom stereocenters. The molecular weight excluding hydrogens is 369 g/mol. The number of rotatable bonds is 2. The van der Waals surface area contributed by atoms with E-state index in [1.165, 1.54) is 6.07 Å². The standard InChI is InChI=1S/C21H24FN7/c1-11-5-18(25-28-10-14(4)24-21(11)28)15-8-17(22)20-19(9-15)26-29(27-20)16-6-12(2)23-13(3)7-16/h5,8-10,12-13,16,23H,6-7H2,1-4H3/t12-,13?,16?/m1/s1. The number of fused-ring (bicyclic) bond motifs is 2. The van der Waals surface area contributed by atoms with Gasteiger partial charge in [-0.25, -0.2) is 13.9 Å². The topological polar surface area (TPSA) is 72.9 Å². The van der Waals surface area contributed by atoms with E-state index in [1.54, 1.807) is 9.31 Å². The average Bonchev–Trinajstić information content (AvgIpc) is 3.24. The van der Waals surface area contributed by atoms with E-state index in [2.05, 4.69) is 39.4 Å². The molecule has 4 heterocycles. The second-order valence-electron chi connectivity index (χ2n) is 8.30. The van der Waals surface area contributed by atoms with Gasteiger partial charge in [0.2, 0.25) is 0 Å². The Balaban J connectivity index is 1.58. The number of halogens is 1. The van der Waals surface area contributed by atoms with Gasteiger partial charge in [0.15, 0.2) is 11.5 Å². The minimum atomic E-state index is -0.375. The van der Waals surface area contributed by atoms with Crippen LogP contribution in [0.15, 0.2) is 24.4 Å². The first kappa shape index (κ1) is 18.2. The molecular formula is C21H24FN7. The molecule has 0 radical (unpaired) electrons. The zero-order valence-electron chi connectivity index (χ0n) is 17.0. The summed E-state index contributed by atoms with van der Waals surface area (Å²) in [6.45, 7) is 8.23. The molecule has 0 amide bonds. The quantitative estimate of drug-likeness (QED) is 0.563. The number of nitrogens with zero attached hydrogens (tertiary/aromatic N) is 6. The molecule has 8 heteroatoms. The third-order valence-electron chi connectivity index (χ3n) is 5.63. The van der Waals surface area contributed by atoms with Gasteiger partial charge in [-0.2, -0.15) is 15.0 Å². The Kier molecular flexibility index (Phi) is 4.13. The van der Waals surface area contributed by atoms with Gasteiger partial charge in [-0.3, -0.25) is 0 Å². The fraction of sp³-hybridized carbons (Fsp3) is 0.429. The highest BCUT2D eigenvalue weighted by Crippen LogP contribution is 2.28. The van der Waals surface area contributed by atoms with Crippen LogP contribution in [0.2, 0.25) is 0 Å². The van der Waals surface area contributed by atoms with E-state index in [1.807, 2.05) is 32.2 Å². The number of hydrogen-bond acceptors (Lipinski definition) is 5. The van der Waals surface area contributed by atoms with Gasteiger partial charge in [0, 0.05) is 17.6 Å². The van der Waals surface area contributed by atoms with Crippen molar-refractivity contribution in [2.75, 3.05) is 0 Å². The normalized spacial score (nSPS) is 22.6. The summed E-state index contributed by atoms with van der Waals surface area (Å²) in [7, 11) is 0. The van der Waals surface area contributed by atoms with Crippen LogP contribution in [0, 0.1) is 19.7 Å². The molecule has 3 aromatic heterocycles. The zero-order chi connectivity index (χ0) is 20.3. The van der Waals surface area contributed by atoms with E-state index in [0.717, 1.165) is 29.7 Å². The lowest BCUT2D eigenvalue weighted by Gasteiger charge is -2.32.